The summed E-state index contributed by atoms with van der Waals surface area (Å²) in [7, 11) is 0. The summed E-state index contributed by atoms with van der Waals surface area (Å²) in [6.45, 7) is 8.58. The summed E-state index contributed by atoms with van der Waals surface area (Å²) < 4.78 is 0. The van der Waals surface area contributed by atoms with Crippen LogP contribution in [0.2, 0.25) is 0 Å². The standard InChI is InChI=1S/C18H30N2O3/c1-5-6-7-8-11-19-14(21)12-20-15(22)13-9-10-18(4,16(20)23)17(13,2)3/h13H,5-12H2,1-4H3,(H,19,21). The second-order valence-corrected chi connectivity index (χ2v) is 7.79. The first kappa shape index (κ1) is 18.0. The molecule has 1 aliphatic heterocycles. The fraction of sp³-hybridized carbons (Fsp3) is 0.833. The van der Waals surface area contributed by atoms with Gasteiger partial charge in [0.2, 0.25) is 17.7 Å². The van der Waals surface area contributed by atoms with Crippen molar-refractivity contribution in [2.24, 2.45) is 16.7 Å². The van der Waals surface area contributed by atoms with E-state index in [9.17, 15) is 14.4 Å². The Labute approximate surface area is 139 Å². The molecule has 2 aliphatic rings. The number of hydrogen-bond acceptors (Lipinski definition) is 3. The fourth-order valence-electron chi connectivity index (χ4n) is 4.03. The van der Waals surface area contributed by atoms with Gasteiger partial charge in [0.05, 0.1) is 5.41 Å². The lowest BCUT2D eigenvalue weighted by Gasteiger charge is -2.47. The first-order valence-electron chi connectivity index (χ1n) is 8.88. The van der Waals surface area contributed by atoms with Gasteiger partial charge in [-0.15, -0.1) is 0 Å². The lowest BCUT2D eigenvalue weighted by atomic mass is 9.62. The third kappa shape index (κ3) is 3.02. The van der Waals surface area contributed by atoms with Crippen molar-refractivity contribution in [3.05, 3.63) is 0 Å². The Hall–Kier alpha value is -1.39. The van der Waals surface area contributed by atoms with Gasteiger partial charge in [-0.3, -0.25) is 19.3 Å². The number of carbonyl (C=O) groups excluding carboxylic acids is 3. The highest BCUT2D eigenvalue weighted by molar-refractivity contribution is 6.06. The van der Waals surface area contributed by atoms with Crippen LogP contribution in [0.15, 0.2) is 0 Å². The Kier molecular flexibility index (Phi) is 5.17. The van der Waals surface area contributed by atoms with Gasteiger partial charge in [0.15, 0.2) is 0 Å². The molecule has 1 heterocycles. The Bertz CT molecular complexity index is 500. The van der Waals surface area contributed by atoms with E-state index in [1.807, 2.05) is 20.8 Å². The summed E-state index contributed by atoms with van der Waals surface area (Å²) in [5.41, 5.74) is -0.860. The first-order valence-corrected chi connectivity index (χ1v) is 8.88. The predicted octanol–water partition coefficient (Wildman–Crippen LogP) is 2.49. The Morgan fingerprint density at radius 1 is 1.22 bits per heavy atom. The zero-order valence-corrected chi connectivity index (χ0v) is 14.9. The maximum Gasteiger partial charge on any atom is 0.240 e. The van der Waals surface area contributed by atoms with Crippen molar-refractivity contribution in [2.45, 2.75) is 66.2 Å². The molecule has 5 nitrogen and oxygen atoms in total. The van der Waals surface area contributed by atoms with E-state index in [2.05, 4.69) is 12.2 Å². The van der Waals surface area contributed by atoms with E-state index in [1.54, 1.807) is 0 Å². The number of piperidine rings is 1. The number of hydrogen-bond donors (Lipinski definition) is 1. The quantitative estimate of drug-likeness (QED) is 0.578. The Balaban J connectivity index is 1.95. The molecule has 0 spiro atoms. The van der Waals surface area contributed by atoms with Gasteiger partial charge in [-0.1, -0.05) is 47.0 Å². The molecular weight excluding hydrogens is 292 g/mol. The van der Waals surface area contributed by atoms with E-state index < -0.39 is 5.41 Å². The van der Waals surface area contributed by atoms with Gasteiger partial charge >= 0.3 is 0 Å². The maximum atomic E-state index is 12.8. The molecule has 0 aromatic rings. The fourth-order valence-corrected chi connectivity index (χ4v) is 4.03. The summed E-state index contributed by atoms with van der Waals surface area (Å²) in [4.78, 5) is 38.7. The number of rotatable bonds is 7. The number of fused-ring (bicyclic) bond motifs is 2. The molecule has 2 bridgehead atoms. The average Bonchev–Trinajstić information content (AvgIpc) is 2.68. The van der Waals surface area contributed by atoms with Gasteiger partial charge in [-0.05, 0) is 24.7 Å². The maximum absolute atomic E-state index is 12.8. The number of nitrogens with zero attached hydrogens (tertiary/aromatic N) is 1. The van der Waals surface area contributed by atoms with Crippen molar-refractivity contribution >= 4 is 17.7 Å². The van der Waals surface area contributed by atoms with Gasteiger partial charge in [0.1, 0.15) is 6.54 Å². The van der Waals surface area contributed by atoms with Crippen LogP contribution in [0.3, 0.4) is 0 Å². The second kappa shape index (κ2) is 6.62. The van der Waals surface area contributed by atoms with E-state index in [4.69, 9.17) is 0 Å². The molecular formula is C18H30N2O3. The molecule has 2 fully saturated rings. The first-order chi connectivity index (χ1) is 10.8. The van der Waals surface area contributed by atoms with Gasteiger partial charge < -0.3 is 5.32 Å². The topological polar surface area (TPSA) is 66.5 Å². The van der Waals surface area contributed by atoms with E-state index in [0.29, 0.717) is 6.54 Å². The van der Waals surface area contributed by atoms with Crippen molar-refractivity contribution in [1.82, 2.24) is 10.2 Å². The molecule has 5 heteroatoms. The van der Waals surface area contributed by atoms with E-state index >= 15 is 0 Å². The van der Waals surface area contributed by atoms with Crippen LogP contribution < -0.4 is 5.32 Å². The third-order valence-corrected chi connectivity index (χ3v) is 6.16. The minimum atomic E-state index is -0.535. The number of unbranched alkanes of at least 4 members (excludes halogenated alkanes) is 3. The number of nitrogens with one attached hydrogen (secondary N) is 1. The van der Waals surface area contributed by atoms with Crippen LogP contribution in [-0.4, -0.2) is 35.7 Å². The molecule has 2 rings (SSSR count). The van der Waals surface area contributed by atoms with Gasteiger partial charge in [0, 0.05) is 12.5 Å². The molecule has 3 amide bonds. The normalized spacial score (nSPS) is 29.0. The molecule has 1 N–H and O–H groups in total. The second-order valence-electron chi connectivity index (χ2n) is 7.79. The average molecular weight is 322 g/mol. The molecule has 1 saturated heterocycles. The van der Waals surface area contributed by atoms with Crippen LogP contribution in [0, 0.1) is 16.7 Å². The van der Waals surface area contributed by atoms with Crippen LogP contribution >= 0.6 is 0 Å². The van der Waals surface area contributed by atoms with Crippen molar-refractivity contribution in [2.75, 3.05) is 13.1 Å². The summed E-state index contributed by atoms with van der Waals surface area (Å²) in [5, 5.41) is 2.83. The molecule has 23 heavy (non-hydrogen) atoms. The van der Waals surface area contributed by atoms with E-state index in [0.717, 1.165) is 38.5 Å². The highest BCUT2D eigenvalue weighted by Gasteiger charge is 2.64. The van der Waals surface area contributed by atoms with Crippen molar-refractivity contribution in [1.29, 1.82) is 0 Å². The number of likely N-dealkylation sites (tertiary alicyclic amines) is 1. The van der Waals surface area contributed by atoms with Crippen LogP contribution in [-0.2, 0) is 14.4 Å². The summed E-state index contributed by atoms with van der Waals surface area (Å²) in [6, 6.07) is 0. The molecule has 2 unspecified atom stereocenters. The Morgan fingerprint density at radius 2 is 1.91 bits per heavy atom. The molecule has 0 radical (unpaired) electrons. The lowest BCUT2D eigenvalue weighted by Crippen LogP contribution is -2.60. The molecule has 1 saturated carbocycles. The number of imide groups is 1. The highest BCUT2D eigenvalue weighted by Crippen LogP contribution is 2.59. The van der Waals surface area contributed by atoms with Gasteiger partial charge in [0.25, 0.3) is 0 Å². The third-order valence-electron chi connectivity index (χ3n) is 6.16. The smallest absolute Gasteiger partial charge is 0.240 e. The molecule has 0 aromatic carbocycles. The largest absolute Gasteiger partial charge is 0.355 e. The molecule has 1 aliphatic carbocycles. The SMILES string of the molecule is CCCCCCNC(=O)CN1C(=O)C2CCC(C)(C1=O)C2(C)C. The summed E-state index contributed by atoms with van der Waals surface area (Å²) in [5.74, 6) is -0.730. The molecule has 2 atom stereocenters. The van der Waals surface area contributed by atoms with Crippen LogP contribution in [0.5, 0.6) is 0 Å². The van der Waals surface area contributed by atoms with Crippen LogP contribution in [0.4, 0.5) is 0 Å². The van der Waals surface area contributed by atoms with Crippen molar-refractivity contribution < 1.29 is 14.4 Å². The Morgan fingerprint density at radius 3 is 2.57 bits per heavy atom. The minimum absolute atomic E-state index is 0.131. The number of carbonyl (C=O) groups is 3. The van der Waals surface area contributed by atoms with Crippen LogP contribution in [0.1, 0.15) is 66.2 Å². The van der Waals surface area contributed by atoms with E-state index in [1.165, 1.54) is 4.90 Å². The monoisotopic (exact) mass is 322 g/mol. The zero-order chi connectivity index (χ0) is 17.3. The van der Waals surface area contributed by atoms with Gasteiger partial charge in [-0.2, -0.15) is 0 Å². The minimum Gasteiger partial charge on any atom is -0.355 e. The predicted molar refractivity (Wildman–Crippen MR) is 88.5 cm³/mol. The zero-order valence-electron chi connectivity index (χ0n) is 14.9. The summed E-state index contributed by atoms with van der Waals surface area (Å²) in [6.07, 6.45) is 5.81. The number of amides is 3. The van der Waals surface area contributed by atoms with Gasteiger partial charge in [-0.25, -0.2) is 0 Å². The molecule has 130 valence electrons. The summed E-state index contributed by atoms with van der Waals surface area (Å²) >= 11 is 0. The van der Waals surface area contributed by atoms with Crippen LogP contribution in [0.25, 0.3) is 0 Å². The highest BCUT2D eigenvalue weighted by atomic mass is 16.2. The molecule has 0 aromatic heterocycles. The van der Waals surface area contributed by atoms with Crippen molar-refractivity contribution in [3.8, 4) is 0 Å². The van der Waals surface area contributed by atoms with E-state index in [-0.39, 0.29) is 35.6 Å². The lowest BCUT2D eigenvalue weighted by molar-refractivity contribution is -0.169. The van der Waals surface area contributed by atoms with Crippen molar-refractivity contribution in [3.63, 3.8) is 0 Å².